The van der Waals surface area contributed by atoms with Crippen LogP contribution in [0.2, 0.25) is 0 Å². The second-order valence-electron chi connectivity index (χ2n) is 8.14. The Kier molecular flexibility index (Phi) is 5.99. The third-order valence-electron chi connectivity index (χ3n) is 5.84. The first-order valence-corrected chi connectivity index (χ1v) is 11.8. The van der Waals surface area contributed by atoms with Gasteiger partial charge in [0.25, 0.3) is 0 Å². The van der Waals surface area contributed by atoms with E-state index in [4.69, 9.17) is 4.74 Å². The van der Waals surface area contributed by atoms with Gasteiger partial charge in [-0.15, -0.1) is 5.10 Å². The molecular weight excluding hydrogens is 432 g/mol. The van der Waals surface area contributed by atoms with Crippen LogP contribution in [0.25, 0.3) is 11.2 Å². The lowest BCUT2D eigenvalue weighted by Crippen LogP contribution is -2.33. The van der Waals surface area contributed by atoms with E-state index in [0.717, 1.165) is 18.6 Å². The average Bonchev–Trinajstić information content (AvgIpc) is 3.36. The molecule has 2 fully saturated rings. The Morgan fingerprint density at radius 2 is 2.00 bits per heavy atom. The number of anilines is 1. The van der Waals surface area contributed by atoms with Crippen LogP contribution in [0.4, 0.5) is 5.82 Å². The van der Waals surface area contributed by atoms with Gasteiger partial charge in [-0.05, 0) is 18.4 Å². The van der Waals surface area contributed by atoms with Crippen molar-refractivity contribution in [1.82, 2.24) is 25.0 Å². The lowest BCUT2D eigenvalue weighted by molar-refractivity contribution is -0.0575. The van der Waals surface area contributed by atoms with Crippen LogP contribution >= 0.6 is 11.8 Å². The maximum atomic E-state index is 10.4. The van der Waals surface area contributed by atoms with Crippen LogP contribution in [0.15, 0.2) is 35.5 Å². The van der Waals surface area contributed by atoms with E-state index in [1.165, 1.54) is 22.0 Å². The van der Waals surface area contributed by atoms with Crippen LogP contribution in [-0.4, -0.2) is 77.0 Å². The van der Waals surface area contributed by atoms with E-state index in [-0.39, 0.29) is 6.04 Å². The van der Waals surface area contributed by atoms with Gasteiger partial charge in [-0.2, -0.15) is 4.68 Å². The summed E-state index contributed by atoms with van der Waals surface area (Å²) in [6.07, 6.45) is -2.43. The lowest BCUT2D eigenvalue weighted by atomic mass is 10.1. The van der Waals surface area contributed by atoms with Crippen molar-refractivity contribution in [2.24, 2.45) is 0 Å². The van der Waals surface area contributed by atoms with Crippen LogP contribution in [0.5, 0.6) is 0 Å². The minimum Gasteiger partial charge on any atom is -0.394 e. The normalized spacial score (nSPS) is 29.5. The first-order chi connectivity index (χ1) is 15.6. The first kappa shape index (κ1) is 21.5. The van der Waals surface area contributed by atoms with Crippen LogP contribution in [-0.2, 0) is 4.74 Å². The number of nitrogens with zero attached hydrogens (tertiary/aromatic N) is 5. The number of aliphatic hydroxyl groups excluding tert-OH is 3. The Morgan fingerprint density at radius 3 is 2.72 bits per heavy atom. The molecule has 0 spiro atoms. The van der Waals surface area contributed by atoms with Gasteiger partial charge < -0.3 is 25.4 Å². The highest BCUT2D eigenvalue weighted by atomic mass is 32.2. The summed E-state index contributed by atoms with van der Waals surface area (Å²) < 4.78 is 7.00. The van der Waals surface area contributed by atoms with Crippen molar-refractivity contribution in [3.8, 4) is 0 Å². The number of nitrogens with one attached hydrogen (secondary N) is 1. The van der Waals surface area contributed by atoms with Gasteiger partial charge in [0, 0.05) is 17.7 Å². The number of aliphatic hydroxyl groups is 3. The quantitative estimate of drug-likeness (QED) is 0.289. The zero-order valence-corrected chi connectivity index (χ0v) is 18.4. The largest absolute Gasteiger partial charge is 0.394 e. The Labute approximate surface area is 189 Å². The van der Waals surface area contributed by atoms with E-state index >= 15 is 0 Å². The number of ether oxygens (including phenoxy) is 1. The maximum absolute atomic E-state index is 10.4. The molecule has 1 aliphatic heterocycles. The van der Waals surface area contributed by atoms with Gasteiger partial charge in [0.1, 0.15) is 18.3 Å². The number of fused-ring (bicyclic) bond motifs is 1. The molecule has 3 heterocycles. The Morgan fingerprint density at radius 1 is 1.19 bits per heavy atom. The molecule has 0 unspecified atom stereocenters. The highest BCUT2D eigenvalue weighted by molar-refractivity contribution is 7.99. The Hall–Kier alpha value is -2.31. The topological polar surface area (TPSA) is 138 Å². The van der Waals surface area contributed by atoms with Gasteiger partial charge >= 0.3 is 0 Å². The van der Waals surface area contributed by atoms with Gasteiger partial charge in [-0.3, -0.25) is 0 Å². The molecule has 1 aromatic carbocycles. The molecule has 4 N–H and O–H groups in total. The van der Waals surface area contributed by atoms with E-state index in [1.807, 2.05) is 18.2 Å². The fraction of sp³-hybridized carbons (Fsp3) is 0.524. The predicted molar refractivity (Wildman–Crippen MR) is 118 cm³/mol. The van der Waals surface area contributed by atoms with Crippen molar-refractivity contribution in [2.45, 2.75) is 61.4 Å². The molecule has 2 aromatic heterocycles. The third-order valence-corrected chi connectivity index (χ3v) is 6.89. The molecule has 1 saturated carbocycles. The van der Waals surface area contributed by atoms with Crippen LogP contribution in [0.1, 0.15) is 37.5 Å². The van der Waals surface area contributed by atoms with Gasteiger partial charge in [0.2, 0.25) is 0 Å². The fourth-order valence-corrected chi connectivity index (χ4v) is 4.71. The summed E-state index contributed by atoms with van der Waals surface area (Å²) in [5, 5.41) is 42.5. The molecule has 170 valence electrons. The van der Waals surface area contributed by atoms with Crippen molar-refractivity contribution < 1.29 is 20.1 Å². The number of rotatable bonds is 8. The van der Waals surface area contributed by atoms with Crippen LogP contribution < -0.4 is 5.32 Å². The average molecular weight is 459 g/mol. The third kappa shape index (κ3) is 3.95. The van der Waals surface area contributed by atoms with E-state index in [1.54, 1.807) is 0 Å². The van der Waals surface area contributed by atoms with Crippen molar-refractivity contribution in [2.75, 3.05) is 17.7 Å². The monoisotopic (exact) mass is 458 g/mol. The molecule has 1 saturated heterocycles. The van der Waals surface area contributed by atoms with E-state index in [2.05, 4.69) is 44.7 Å². The molecule has 10 nitrogen and oxygen atoms in total. The highest BCUT2D eigenvalue weighted by Gasteiger charge is 2.45. The van der Waals surface area contributed by atoms with Crippen molar-refractivity contribution >= 4 is 28.7 Å². The number of thioether (sulfide) groups is 1. The summed E-state index contributed by atoms with van der Waals surface area (Å²) in [6, 6.07) is 10.6. The summed E-state index contributed by atoms with van der Waals surface area (Å²) in [5.74, 6) is 1.86. The molecule has 6 atom stereocenters. The van der Waals surface area contributed by atoms with Gasteiger partial charge in [-0.25, -0.2) is 9.97 Å². The molecule has 5 rings (SSSR count). The molecular formula is C21H26N6O4S. The predicted octanol–water partition coefficient (Wildman–Crippen LogP) is 1.30. The van der Waals surface area contributed by atoms with Crippen molar-refractivity contribution in [3.63, 3.8) is 0 Å². The van der Waals surface area contributed by atoms with Crippen molar-refractivity contribution in [1.29, 1.82) is 0 Å². The SMILES string of the molecule is CCCSc1nc(N[C@@H]2C[C@H]2c2ccccc2)c2nnn([C@@H]3O[C@H](CO)[C@@H](O)[C@H]3O)c2n1. The van der Waals surface area contributed by atoms with E-state index in [0.29, 0.717) is 28.1 Å². The van der Waals surface area contributed by atoms with Crippen molar-refractivity contribution in [3.05, 3.63) is 35.9 Å². The maximum Gasteiger partial charge on any atom is 0.191 e. The zero-order valence-electron chi connectivity index (χ0n) is 17.6. The van der Waals surface area contributed by atoms with Crippen LogP contribution in [0, 0.1) is 0 Å². The highest BCUT2D eigenvalue weighted by Crippen LogP contribution is 2.43. The van der Waals surface area contributed by atoms with Gasteiger partial charge in [0.15, 0.2) is 28.4 Å². The minimum absolute atomic E-state index is 0.235. The van der Waals surface area contributed by atoms with E-state index < -0.39 is 31.1 Å². The summed E-state index contributed by atoms with van der Waals surface area (Å²) in [6.45, 7) is 1.67. The zero-order chi connectivity index (χ0) is 22.2. The van der Waals surface area contributed by atoms with E-state index in [9.17, 15) is 15.3 Å². The fourth-order valence-electron chi connectivity index (χ4n) is 4.02. The Bertz CT molecular complexity index is 1080. The Balaban J connectivity index is 1.46. The molecule has 3 aromatic rings. The molecule has 0 bridgehead atoms. The number of benzene rings is 1. The van der Waals surface area contributed by atoms with Crippen LogP contribution in [0.3, 0.4) is 0 Å². The summed E-state index contributed by atoms with van der Waals surface area (Å²) in [7, 11) is 0. The lowest BCUT2D eigenvalue weighted by Gasteiger charge is -2.15. The number of hydrogen-bond acceptors (Lipinski definition) is 10. The minimum atomic E-state index is -1.26. The second kappa shape index (κ2) is 8.91. The smallest absolute Gasteiger partial charge is 0.191 e. The summed E-state index contributed by atoms with van der Waals surface area (Å²) in [5.41, 5.74) is 2.17. The molecule has 11 heteroatoms. The second-order valence-corrected chi connectivity index (χ2v) is 9.20. The molecule has 32 heavy (non-hydrogen) atoms. The molecule has 0 radical (unpaired) electrons. The standard InChI is InChI=1S/C21H26N6O4S/c1-2-8-32-21-23-18(22-13-9-12(13)11-6-4-3-5-7-11)15-19(24-21)27(26-25-15)20-17(30)16(29)14(10-28)31-20/h3-7,12-14,16-17,20,28-30H,2,8-10H2,1H3,(H,22,23,24)/t12-,13+,14+,16+,17+,20+/m0/s1. The number of hydrogen-bond donors (Lipinski definition) is 4. The number of aromatic nitrogens is 5. The summed E-state index contributed by atoms with van der Waals surface area (Å²) in [4.78, 5) is 9.29. The molecule has 1 aliphatic carbocycles. The van der Waals surface area contributed by atoms with Gasteiger partial charge in [0.05, 0.1) is 6.61 Å². The first-order valence-electron chi connectivity index (χ1n) is 10.8. The molecule has 2 aliphatic rings. The van der Waals surface area contributed by atoms with Gasteiger partial charge in [-0.1, -0.05) is 54.2 Å². The summed E-state index contributed by atoms with van der Waals surface area (Å²) >= 11 is 1.53. The molecule has 0 amide bonds.